The van der Waals surface area contributed by atoms with Crippen molar-refractivity contribution in [3.63, 3.8) is 0 Å². The second-order valence-electron chi connectivity index (χ2n) is 10.4. The number of carbonyl (C=O) groups excluding carboxylic acids is 1. The molecule has 0 N–H and O–H groups in total. The van der Waals surface area contributed by atoms with E-state index in [1.807, 2.05) is 48.2 Å². The lowest BCUT2D eigenvalue weighted by molar-refractivity contribution is -0.133. The highest BCUT2D eigenvalue weighted by molar-refractivity contribution is 5.84. The predicted molar refractivity (Wildman–Crippen MR) is 150 cm³/mol. The Morgan fingerprint density at radius 2 is 1.66 bits per heavy atom. The summed E-state index contributed by atoms with van der Waals surface area (Å²) in [6, 6.07) is 20.8. The van der Waals surface area contributed by atoms with Crippen LogP contribution in [0.2, 0.25) is 0 Å². The molecule has 38 heavy (non-hydrogen) atoms. The van der Waals surface area contributed by atoms with Crippen LogP contribution in [0.4, 0.5) is 0 Å². The van der Waals surface area contributed by atoms with Gasteiger partial charge in [0, 0.05) is 30.1 Å². The van der Waals surface area contributed by atoms with Crippen molar-refractivity contribution < 1.29 is 9.53 Å². The SMILES string of the molecule is CC(C)c1ccc(COc2ccc(-c3c(-c4ccncc4)nn4c3CN(C(=O)CN(C)C)CC4)cc2)cc1. The Labute approximate surface area is 224 Å². The first-order chi connectivity index (χ1) is 18.4. The lowest BCUT2D eigenvalue weighted by atomic mass is 9.98. The molecule has 5 rings (SSSR count). The molecule has 4 aromatic rings. The Bertz CT molecular complexity index is 1380. The number of nitrogens with zero attached hydrogens (tertiary/aromatic N) is 5. The van der Waals surface area contributed by atoms with Gasteiger partial charge in [-0.3, -0.25) is 14.5 Å². The number of fused-ring (bicyclic) bond motifs is 1. The van der Waals surface area contributed by atoms with E-state index in [9.17, 15) is 4.79 Å². The van der Waals surface area contributed by atoms with Gasteiger partial charge >= 0.3 is 0 Å². The standard InChI is InChI=1S/C31H35N5O2/c1-22(2)24-7-5-23(6-8-24)21-38-27-11-9-25(10-12-27)30-28-19-35(29(37)20-34(3)4)17-18-36(28)33-31(30)26-13-15-32-16-14-26/h5-16,22H,17-21H2,1-4H3. The smallest absolute Gasteiger partial charge is 0.237 e. The van der Waals surface area contributed by atoms with E-state index in [1.165, 1.54) is 5.56 Å². The van der Waals surface area contributed by atoms with Crippen LogP contribution < -0.4 is 4.74 Å². The Balaban J connectivity index is 1.41. The van der Waals surface area contributed by atoms with E-state index in [0.29, 0.717) is 38.7 Å². The molecule has 2 aromatic carbocycles. The molecule has 0 aliphatic carbocycles. The Morgan fingerprint density at radius 3 is 2.32 bits per heavy atom. The highest BCUT2D eigenvalue weighted by Crippen LogP contribution is 2.37. The molecule has 1 aliphatic heterocycles. The third-order valence-corrected chi connectivity index (χ3v) is 6.93. The van der Waals surface area contributed by atoms with Crippen LogP contribution in [0.1, 0.15) is 36.6 Å². The molecule has 0 unspecified atom stereocenters. The molecule has 2 aromatic heterocycles. The number of rotatable bonds is 8. The first-order valence-electron chi connectivity index (χ1n) is 13.1. The third-order valence-electron chi connectivity index (χ3n) is 6.93. The molecular formula is C31H35N5O2. The van der Waals surface area contributed by atoms with E-state index >= 15 is 0 Å². The van der Waals surface area contributed by atoms with Gasteiger partial charge in [0.05, 0.1) is 25.3 Å². The van der Waals surface area contributed by atoms with Crippen LogP contribution in [0.15, 0.2) is 73.1 Å². The summed E-state index contributed by atoms with van der Waals surface area (Å²) in [6.45, 7) is 7.17. The zero-order valence-electron chi connectivity index (χ0n) is 22.6. The molecule has 3 heterocycles. The van der Waals surface area contributed by atoms with Crippen molar-refractivity contribution in [3.8, 4) is 28.1 Å². The number of ether oxygens (including phenoxy) is 1. The number of carbonyl (C=O) groups is 1. The molecule has 0 fully saturated rings. The fourth-order valence-electron chi connectivity index (χ4n) is 4.80. The summed E-state index contributed by atoms with van der Waals surface area (Å²) >= 11 is 0. The number of likely N-dealkylation sites (N-methyl/N-ethyl adjacent to an activating group) is 1. The van der Waals surface area contributed by atoms with Gasteiger partial charge in [-0.15, -0.1) is 0 Å². The normalized spacial score (nSPS) is 13.2. The molecule has 1 amide bonds. The van der Waals surface area contributed by atoms with Gasteiger partial charge in [0.15, 0.2) is 0 Å². The third kappa shape index (κ3) is 5.63. The largest absolute Gasteiger partial charge is 0.489 e. The van der Waals surface area contributed by atoms with Crippen molar-refractivity contribution in [2.24, 2.45) is 0 Å². The van der Waals surface area contributed by atoms with Crippen LogP contribution in [-0.2, 0) is 24.5 Å². The molecule has 1 aliphatic rings. The average molecular weight is 510 g/mol. The van der Waals surface area contributed by atoms with E-state index < -0.39 is 0 Å². The number of hydrogen-bond acceptors (Lipinski definition) is 5. The molecule has 196 valence electrons. The second-order valence-corrected chi connectivity index (χ2v) is 10.4. The maximum Gasteiger partial charge on any atom is 0.237 e. The molecule has 0 radical (unpaired) electrons. The van der Waals surface area contributed by atoms with Gasteiger partial charge in [-0.1, -0.05) is 50.2 Å². The summed E-state index contributed by atoms with van der Waals surface area (Å²) in [6.07, 6.45) is 3.57. The summed E-state index contributed by atoms with van der Waals surface area (Å²) in [5.74, 6) is 1.46. The van der Waals surface area contributed by atoms with Gasteiger partial charge in [0.2, 0.25) is 5.91 Å². The fraction of sp³-hybridized carbons (Fsp3) is 0.323. The summed E-state index contributed by atoms with van der Waals surface area (Å²) in [4.78, 5) is 20.9. The summed E-state index contributed by atoms with van der Waals surface area (Å²) in [5.41, 5.74) is 7.54. The molecule has 7 heteroatoms. The van der Waals surface area contributed by atoms with Crippen LogP contribution >= 0.6 is 0 Å². The van der Waals surface area contributed by atoms with Gasteiger partial charge < -0.3 is 14.5 Å². The first-order valence-corrected chi connectivity index (χ1v) is 13.1. The van der Waals surface area contributed by atoms with Crippen molar-refractivity contribution in [1.29, 1.82) is 0 Å². The van der Waals surface area contributed by atoms with E-state index in [2.05, 4.69) is 59.9 Å². The van der Waals surface area contributed by atoms with Gasteiger partial charge in [0.1, 0.15) is 18.1 Å². The van der Waals surface area contributed by atoms with Gasteiger partial charge in [-0.25, -0.2) is 0 Å². The number of amides is 1. The van der Waals surface area contributed by atoms with Crippen LogP contribution in [0, 0.1) is 0 Å². The molecular weight excluding hydrogens is 474 g/mol. The fourth-order valence-corrected chi connectivity index (χ4v) is 4.80. The number of hydrogen-bond donors (Lipinski definition) is 0. The minimum Gasteiger partial charge on any atom is -0.489 e. The van der Waals surface area contributed by atoms with Gasteiger partial charge in [0.25, 0.3) is 0 Å². The minimum atomic E-state index is 0.129. The average Bonchev–Trinajstić information content (AvgIpc) is 3.31. The monoisotopic (exact) mass is 509 g/mol. The van der Waals surface area contributed by atoms with E-state index in [0.717, 1.165) is 39.4 Å². The number of aromatic nitrogens is 3. The maximum absolute atomic E-state index is 12.9. The van der Waals surface area contributed by atoms with Gasteiger partial charge in [-0.05, 0) is 61.0 Å². The quantitative estimate of drug-likeness (QED) is 0.326. The van der Waals surface area contributed by atoms with E-state index in [4.69, 9.17) is 9.84 Å². The minimum absolute atomic E-state index is 0.129. The zero-order valence-corrected chi connectivity index (χ0v) is 22.6. The van der Waals surface area contributed by atoms with Gasteiger partial charge in [-0.2, -0.15) is 5.10 Å². The van der Waals surface area contributed by atoms with E-state index in [-0.39, 0.29) is 5.91 Å². The van der Waals surface area contributed by atoms with Crippen molar-refractivity contribution in [1.82, 2.24) is 24.6 Å². The zero-order chi connectivity index (χ0) is 26.6. The number of pyridine rings is 1. The molecule has 0 spiro atoms. The second kappa shape index (κ2) is 11.2. The van der Waals surface area contributed by atoms with Crippen molar-refractivity contribution in [3.05, 3.63) is 89.9 Å². The highest BCUT2D eigenvalue weighted by atomic mass is 16.5. The Hall–Kier alpha value is -3.97. The van der Waals surface area contributed by atoms with Crippen LogP contribution in [-0.4, -0.2) is 57.7 Å². The van der Waals surface area contributed by atoms with Crippen molar-refractivity contribution >= 4 is 5.91 Å². The molecule has 0 atom stereocenters. The maximum atomic E-state index is 12.9. The van der Waals surface area contributed by atoms with Crippen LogP contribution in [0.25, 0.3) is 22.4 Å². The first kappa shape index (κ1) is 25.7. The van der Waals surface area contributed by atoms with Crippen molar-refractivity contribution in [2.45, 2.75) is 39.5 Å². The molecule has 0 saturated heterocycles. The van der Waals surface area contributed by atoms with Crippen LogP contribution in [0.3, 0.4) is 0 Å². The summed E-state index contributed by atoms with van der Waals surface area (Å²) in [5, 5.41) is 4.98. The lowest BCUT2D eigenvalue weighted by Gasteiger charge is -2.29. The summed E-state index contributed by atoms with van der Waals surface area (Å²) < 4.78 is 8.14. The van der Waals surface area contributed by atoms with Crippen LogP contribution in [0.5, 0.6) is 5.75 Å². The Morgan fingerprint density at radius 1 is 0.947 bits per heavy atom. The number of benzene rings is 2. The molecule has 7 nitrogen and oxygen atoms in total. The van der Waals surface area contributed by atoms with Crippen molar-refractivity contribution in [2.75, 3.05) is 27.2 Å². The topological polar surface area (TPSA) is 63.5 Å². The summed E-state index contributed by atoms with van der Waals surface area (Å²) in [7, 11) is 3.84. The highest BCUT2D eigenvalue weighted by Gasteiger charge is 2.28. The molecule has 0 saturated carbocycles. The van der Waals surface area contributed by atoms with E-state index in [1.54, 1.807) is 12.4 Å². The lowest BCUT2D eigenvalue weighted by Crippen LogP contribution is -2.42. The Kier molecular flexibility index (Phi) is 7.56. The predicted octanol–water partition coefficient (Wildman–Crippen LogP) is 5.22. The molecule has 0 bridgehead atoms.